The number of alkyl halides is 3. The molecule has 3 nitrogen and oxygen atoms in total. The van der Waals surface area contributed by atoms with E-state index in [0.29, 0.717) is 5.56 Å². The standard InChI is InChI=1S/C15H17F3N2O/c16-14(10-4-2-1-3-5-10)9-12(14)20-13(21)19-7-6-11-8-15(11,17)18/h1-5,11-12H,6-9H2,(H2,19,20,21). The van der Waals surface area contributed by atoms with Crippen LogP contribution >= 0.6 is 0 Å². The van der Waals surface area contributed by atoms with Gasteiger partial charge in [-0.2, -0.15) is 0 Å². The summed E-state index contributed by atoms with van der Waals surface area (Å²) in [7, 11) is 0. The monoisotopic (exact) mass is 298 g/mol. The molecule has 0 radical (unpaired) electrons. The third-order valence-corrected chi connectivity index (χ3v) is 4.19. The third kappa shape index (κ3) is 2.99. The van der Waals surface area contributed by atoms with Crippen molar-refractivity contribution < 1.29 is 18.0 Å². The van der Waals surface area contributed by atoms with Crippen molar-refractivity contribution in [2.75, 3.05) is 6.54 Å². The molecule has 3 atom stereocenters. The summed E-state index contributed by atoms with van der Waals surface area (Å²) in [6.07, 6.45) is 0.399. The van der Waals surface area contributed by atoms with E-state index in [1.807, 2.05) is 0 Å². The maximum Gasteiger partial charge on any atom is 0.315 e. The Bertz CT molecular complexity index is 537. The first kappa shape index (κ1) is 14.2. The van der Waals surface area contributed by atoms with E-state index < -0.39 is 29.6 Å². The lowest BCUT2D eigenvalue weighted by molar-refractivity contribution is 0.0971. The second kappa shape index (κ2) is 4.93. The smallest absolute Gasteiger partial charge is 0.315 e. The highest BCUT2D eigenvalue weighted by atomic mass is 19.3. The Morgan fingerprint density at radius 2 is 1.86 bits per heavy atom. The van der Waals surface area contributed by atoms with Crippen LogP contribution in [-0.4, -0.2) is 24.5 Å². The first-order valence-electron chi connectivity index (χ1n) is 7.08. The maximum absolute atomic E-state index is 14.5. The summed E-state index contributed by atoms with van der Waals surface area (Å²) in [5, 5.41) is 5.05. The Hall–Kier alpha value is -1.72. The maximum atomic E-state index is 14.5. The minimum atomic E-state index is -2.56. The Kier molecular flexibility index (Phi) is 3.34. The van der Waals surface area contributed by atoms with Crippen LogP contribution < -0.4 is 10.6 Å². The van der Waals surface area contributed by atoms with E-state index in [0.717, 1.165) is 0 Å². The lowest BCUT2D eigenvalue weighted by atomic mass is 10.1. The van der Waals surface area contributed by atoms with Crippen molar-refractivity contribution in [3.05, 3.63) is 35.9 Å². The Morgan fingerprint density at radius 3 is 2.48 bits per heavy atom. The molecule has 0 saturated heterocycles. The molecule has 0 aliphatic heterocycles. The van der Waals surface area contributed by atoms with Gasteiger partial charge in [0.15, 0.2) is 5.67 Å². The van der Waals surface area contributed by atoms with E-state index in [9.17, 15) is 18.0 Å². The molecule has 1 aromatic carbocycles. The van der Waals surface area contributed by atoms with E-state index in [1.54, 1.807) is 30.3 Å². The average molecular weight is 298 g/mol. The van der Waals surface area contributed by atoms with Gasteiger partial charge in [-0.05, 0) is 12.0 Å². The molecule has 3 unspecified atom stereocenters. The molecular weight excluding hydrogens is 281 g/mol. The fraction of sp³-hybridized carbons (Fsp3) is 0.533. The minimum Gasteiger partial charge on any atom is -0.338 e. The van der Waals surface area contributed by atoms with Crippen LogP contribution in [0, 0.1) is 5.92 Å². The number of hydrogen-bond acceptors (Lipinski definition) is 1. The van der Waals surface area contributed by atoms with Gasteiger partial charge in [0.25, 0.3) is 5.92 Å². The van der Waals surface area contributed by atoms with Gasteiger partial charge in [0.05, 0.1) is 6.04 Å². The molecule has 2 aliphatic carbocycles. The van der Waals surface area contributed by atoms with E-state index >= 15 is 0 Å². The van der Waals surface area contributed by atoms with Gasteiger partial charge in [0.1, 0.15) is 0 Å². The second-order valence-corrected chi connectivity index (χ2v) is 5.84. The predicted octanol–water partition coefficient (Wildman–Crippen LogP) is 2.97. The van der Waals surface area contributed by atoms with E-state index in [1.165, 1.54) is 0 Å². The molecular formula is C15H17F3N2O. The quantitative estimate of drug-likeness (QED) is 0.862. The molecule has 114 valence electrons. The van der Waals surface area contributed by atoms with E-state index in [4.69, 9.17) is 0 Å². The fourth-order valence-electron chi connectivity index (χ4n) is 2.59. The van der Waals surface area contributed by atoms with Gasteiger partial charge in [-0.15, -0.1) is 0 Å². The van der Waals surface area contributed by atoms with Crippen molar-refractivity contribution in [1.29, 1.82) is 0 Å². The highest BCUT2D eigenvalue weighted by molar-refractivity contribution is 5.75. The lowest BCUT2D eigenvalue weighted by Gasteiger charge is -2.10. The summed E-state index contributed by atoms with van der Waals surface area (Å²) >= 11 is 0. The molecule has 2 amide bonds. The van der Waals surface area contributed by atoms with Crippen molar-refractivity contribution in [2.24, 2.45) is 5.92 Å². The Morgan fingerprint density at radius 1 is 1.19 bits per heavy atom. The van der Waals surface area contributed by atoms with Gasteiger partial charge in [-0.3, -0.25) is 0 Å². The zero-order valence-electron chi connectivity index (χ0n) is 11.4. The number of halogens is 3. The second-order valence-electron chi connectivity index (χ2n) is 5.84. The molecule has 2 aliphatic rings. The van der Waals surface area contributed by atoms with Crippen LogP contribution in [0.1, 0.15) is 24.8 Å². The fourth-order valence-corrected chi connectivity index (χ4v) is 2.59. The van der Waals surface area contributed by atoms with Crippen LogP contribution in [0.25, 0.3) is 0 Å². The first-order valence-corrected chi connectivity index (χ1v) is 7.08. The molecule has 0 aromatic heterocycles. The normalized spacial score (nSPS) is 32.3. The highest BCUT2D eigenvalue weighted by Crippen LogP contribution is 2.50. The number of carbonyl (C=O) groups excluding carboxylic acids is 1. The van der Waals surface area contributed by atoms with Crippen LogP contribution in [0.4, 0.5) is 18.0 Å². The molecule has 2 N–H and O–H groups in total. The molecule has 2 saturated carbocycles. The van der Waals surface area contributed by atoms with Crippen molar-refractivity contribution >= 4 is 6.03 Å². The van der Waals surface area contributed by atoms with Gasteiger partial charge < -0.3 is 10.6 Å². The van der Waals surface area contributed by atoms with Gasteiger partial charge in [0.2, 0.25) is 0 Å². The minimum absolute atomic E-state index is 0.0967. The van der Waals surface area contributed by atoms with Gasteiger partial charge in [-0.1, -0.05) is 30.3 Å². The summed E-state index contributed by atoms with van der Waals surface area (Å²) in [6, 6.07) is 7.63. The number of benzene rings is 1. The number of carbonyl (C=O) groups is 1. The number of nitrogens with one attached hydrogen (secondary N) is 2. The average Bonchev–Trinajstić information content (AvgIpc) is 3.28. The molecule has 6 heteroatoms. The summed E-state index contributed by atoms with van der Waals surface area (Å²) in [6.45, 7) is 0.184. The number of hydrogen-bond donors (Lipinski definition) is 2. The zero-order valence-corrected chi connectivity index (χ0v) is 11.4. The van der Waals surface area contributed by atoms with Crippen molar-refractivity contribution in [3.8, 4) is 0 Å². The lowest BCUT2D eigenvalue weighted by Crippen LogP contribution is -2.39. The van der Waals surface area contributed by atoms with Crippen molar-refractivity contribution in [2.45, 2.75) is 36.9 Å². The third-order valence-electron chi connectivity index (χ3n) is 4.19. The van der Waals surface area contributed by atoms with E-state index in [2.05, 4.69) is 10.6 Å². The van der Waals surface area contributed by atoms with Crippen LogP contribution in [0.2, 0.25) is 0 Å². The first-order chi connectivity index (χ1) is 9.92. The molecule has 2 fully saturated rings. The topological polar surface area (TPSA) is 41.1 Å². The largest absolute Gasteiger partial charge is 0.338 e. The molecule has 3 rings (SSSR count). The molecule has 0 bridgehead atoms. The number of rotatable bonds is 5. The van der Waals surface area contributed by atoms with Crippen molar-refractivity contribution in [1.82, 2.24) is 10.6 Å². The van der Waals surface area contributed by atoms with Crippen LogP contribution in [0.5, 0.6) is 0 Å². The summed E-state index contributed by atoms with van der Waals surface area (Å²) in [5.41, 5.74) is -0.963. The van der Waals surface area contributed by atoms with Crippen LogP contribution in [-0.2, 0) is 5.67 Å². The summed E-state index contributed by atoms with van der Waals surface area (Å²) in [4.78, 5) is 11.6. The molecule has 1 aromatic rings. The molecule has 0 heterocycles. The van der Waals surface area contributed by atoms with Gasteiger partial charge in [0, 0.05) is 25.3 Å². The highest BCUT2D eigenvalue weighted by Gasteiger charge is 2.58. The van der Waals surface area contributed by atoms with Crippen LogP contribution in [0.15, 0.2) is 30.3 Å². The molecule has 21 heavy (non-hydrogen) atoms. The van der Waals surface area contributed by atoms with Gasteiger partial charge >= 0.3 is 6.03 Å². The summed E-state index contributed by atoms with van der Waals surface area (Å²) in [5.74, 6) is -3.18. The SMILES string of the molecule is O=C(NCCC1CC1(F)F)NC1CC1(F)c1ccccc1. The molecule has 0 spiro atoms. The number of amides is 2. The zero-order chi connectivity index (χ0) is 15.1. The van der Waals surface area contributed by atoms with Gasteiger partial charge in [-0.25, -0.2) is 18.0 Å². The predicted molar refractivity (Wildman–Crippen MR) is 71.8 cm³/mol. The Labute approximate surface area is 120 Å². The summed E-state index contributed by atoms with van der Waals surface area (Å²) < 4.78 is 39.8. The Balaban J connectivity index is 1.41. The van der Waals surface area contributed by atoms with Crippen LogP contribution in [0.3, 0.4) is 0 Å². The van der Waals surface area contributed by atoms with Crippen molar-refractivity contribution in [3.63, 3.8) is 0 Å². The number of urea groups is 1. The van der Waals surface area contributed by atoms with E-state index in [-0.39, 0.29) is 25.8 Å².